The van der Waals surface area contributed by atoms with E-state index in [1.807, 2.05) is 43.3 Å². The first kappa shape index (κ1) is 15.6. The molecule has 1 saturated heterocycles. The van der Waals surface area contributed by atoms with E-state index in [-0.39, 0.29) is 6.03 Å². The number of amides is 2. The first-order valence-electron chi connectivity index (χ1n) is 7.44. The van der Waals surface area contributed by atoms with E-state index in [9.17, 15) is 9.00 Å². The van der Waals surface area contributed by atoms with E-state index >= 15 is 0 Å². The minimum Gasteiger partial charge on any atom is -0.292 e. The van der Waals surface area contributed by atoms with Crippen molar-refractivity contribution in [3.63, 3.8) is 0 Å². The average Bonchev–Trinajstić information content (AvgIpc) is 2.89. The van der Waals surface area contributed by atoms with Crippen molar-refractivity contribution in [3.05, 3.63) is 54.1 Å². The number of hydrogen-bond acceptors (Lipinski definition) is 2. The molecule has 0 saturated carbocycles. The molecule has 1 atom stereocenters. The van der Waals surface area contributed by atoms with Gasteiger partial charge in [0, 0.05) is 35.6 Å². The summed E-state index contributed by atoms with van der Waals surface area (Å²) in [5.74, 6) is 3.68. The molecule has 23 heavy (non-hydrogen) atoms. The van der Waals surface area contributed by atoms with Crippen LogP contribution < -0.4 is 9.80 Å². The van der Waals surface area contributed by atoms with E-state index in [2.05, 4.69) is 5.87 Å². The van der Waals surface area contributed by atoms with E-state index in [4.69, 9.17) is 0 Å². The molecule has 1 fully saturated rings. The van der Waals surface area contributed by atoms with Crippen LogP contribution in [0.15, 0.2) is 53.4 Å². The predicted molar refractivity (Wildman–Crippen MR) is 97.2 cm³/mol. The van der Waals surface area contributed by atoms with Crippen LogP contribution in [0.25, 0.3) is 0 Å². The van der Waals surface area contributed by atoms with Gasteiger partial charge in [0.2, 0.25) is 0 Å². The summed E-state index contributed by atoms with van der Waals surface area (Å²) in [5, 5.41) is 0. The van der Waals surface area contributed by atoms with Crippen molar-refractivity contribution < 1.29 is 9.00 Å². The van der Waals surface area contributed by atoms with Crippen LogP contribution in [0.1, 0.15) is 5.56 Å². The minimum atomic E-state index is -2.23. The second-order valence-electron chi connectivity index (χ2n) is 5.92. The molecule has 0 spiro atoms. The Morgan fingerprint density at radius 1 is 0.913 bits per heavy atom. The zero-order chi connectivity index (χ0) is 16.6. The quantitative estimate of drug-likeness (QED) is 0.812. The van der Waals surface area contributed by atoms with Crippen molar-refractivity contribution in [1.82, 2.24) is 0 Å². The van der Waals surface area contributed by atoms with Crippen LogP contribution in [0.2, 0.25) is 0 Å². The topological polar surface area (TPSA) is 40.6 Å². The molecule has 1 heterocycles. The molecule has 3 rings (SSSR count). The van der Waals surface area contributed by atoms with Crippen LogP contribution in [0.5, 0.6) is 0 Å². The first-order valence-corrected chi connectivity index (χ1v) is 9.58. The van der Waals surface area contributed by atoms with Crippen LogP contribution in [0, 0.1) is 6.92 Å². The molecular formula is C18H20N2O2S. The molecule has 0 aliphatic carbocycles. The maximum absolute atomic E-state index is 12.7. The summed E-state index contributed by atoms with van der Waals surface area (Å²) < 4.78 is 12.0. The second-order valence-corrected chi connectivity index (χ2v) is 8.40. The fourth-order valence-corrected chi connectivity index (χ4v) is 3.37. The normalized spacial score (nSPS) is 17.4. The molecule has 2 aromatic carbocycles. The van der Waals surface area contributed by atoms with Gasteiger partial charge in [-0.05, 0) is 58.7 Å². The van der Waals surface area contributed by atoms with Crippen LogP contribution in [0.4, 0.5) is 16.2 Å². The fraction of sp³-hybridized carbons (Fsp3) is 0.222. The number of carbonyl (C=O) groups is 1. The van der Waals surface area contributed by atoms with Crippen molar-refractivity contribution in [1.29, 1.82) is 0 Å². The molecule has 0 radical (unpaired) electrons. The summed E-state index contributed by atoms with van der Waals surface area (Å²) >= 11 is 0. The van der Waals surface area contributed by atoms with Crippen LogP contribution in [-0.2, 0) is 9.52 Å². The summed E-state index contributed by atoms with van der Waals surface area (Å²) in [4.78, 5) is 16.9. The Balaban J connectivity index is 1.83. The lowest BCUT2D eigenvalue weighted by molar-refractivity contribution is 0.256. The van der Waals surface area contributed by atoms with Crippen LogP contribution in [-0.4, -0.2) is 35.5 Å². The van der Waals surface area contributed by atoms with E-state index < -0.39 is 9.52 Å². The SMILES string of the molecule is C=S(C)(=O)c1ccc(N2CCN(c3ccc(C)cc3)C2=O)cc1. The van der Waals surface area contributed by atoms with Gasteiger partial charge in [0.15, 0.2) is 0 Å². The van der Waals surface area contributed by atoms with Crippen molar-refractivity contribution in [3.8, 4) is 0 Å². The highest BCUT2D eigenvalue weighted by Crippen LogP contribution is 2.26. The highest BCUT2D eigenvalue weighted by molar-refractivity contribution is 7.99. The molecule has 0 bridgehead atoms. The largest absolute Gasteiger partial charge is 0.329 e. The van der Waals surface area contributed by atoms with Gasteiger partial charge < -0.3 is 0 Å². The Kier molecular flexibility index (Phi) is 3.90. The third-order valence-corrected chi connectivity index (χ3v) is 5.27. The zero-order valence-corrected chi connectivity index (χ0v) is 14.2. The second kappa shape index (κ2) is 5.74. The zero-order valence-electron chi connectivity index (χ0n) is 13.4. The van der Waals surface area contributed by atoms with Crippen LogP contribution in [0.3, 0.4) is 0 Å². The lowest BCUT2D eigenvalue weighted by atomic mass is 10.2. The number of benzene rings is 2. The van der Waals surface area contributed by atoms with Gasteiger partial charge in [0.05, 0.1) is 0 Å². The van der Waals surface area contributed by atoms with Crippen LogP contribution >= 0.6 is 0 Å². The molecule has 0 aromatic heterocycles. The van der Waals surface area contributed by atoms with Gasteiger partial charge in [-0.3, -0.25) is 14.0 Å². The lowest BCUT2D eigenvalue weighted by Crippen LogP contribution is -2.31. The van der Waals surface area contributed by atoms with Gasteiger partial charge in [0.1, 0.15) is 0 Å². The molecule has 2 aromatic rings. The van der Waals surface area contributed by atoms with Gasteiger partial charge in [-0.15, -0.1) is 0 Å². The molecule has 2 amide bonds. The lowest BCUT2D eigenvalue weighted by Gasteiger charge is -2.19. The fourth-order valence-electron chi connectivity index (χ4n) is 2.65. The number of hydrogen-bond donors (Lipinski definition) is 0. The predicted octanol–water partition coefficient (Wildman–Crippen LogP) is 3.15. The number of rotatable bonds is 3. The summed E-state index contributed by atoms with van der Waals surface area (Å²) in [5.41, 5.74) is 2.90. The summed E-state index contributed by atoms with van der Waals surface area (Å²) in [6, 6.07) is 15.1. The monoisotopic (exact) mass is 328 g/mol. The van der Waals surface area contributed by atoms with Crippen molar-refractivity contribution >= 4 is 32.8 Å². The highest BCUT2D eigenvalue weighted by Gasteiger charge is 2.30. The molecule has 4 nitrogen and oxygen atoms in total. The summed E-state index contributed by atoms with van der Waals surface area (Å²) in [6.45, 7) is 3.32. The van der Waals surface area contributed by atoms with Gasteiger partial charge in [-0.1, -0.05) is 17.7 Å². The number of carbonyl (C=O) groups excluding carboxylic acids is 1. The Hall–Kier alpha value is -2.27. The number of anilines is 2. The third-order valence-electron chi connectivity index (χ3n) is 4.00. The Morgan fingerprint density at radius 2 is 1.35 bits per heavy atom. The van der Waals surface area contributed by atoms with E-state index in [1.165, 1.54) is 5.56 Å². The Labute approximate surface area is 137 Å². The average molecular weight is 328 g/mol. The van der Waals surface area contributed by atoms with Gasteiger partial charge in [-0.25, -0.2) is 4.79 Å². The minimum absolute atomic E-state index is 0.0338. The number of nitrogens with zero attached hydrogens (tertiary/aromatic N) is 2. The van der Waals surface area contributed by atoms with E-state index in [0.717, 1.165) is 11.4 Å². The smallest absolute Gasteiger partial charge is 0.292 e. The van der Waals surface area contributed by atoms with Crippen molar-refractivity contribution in [2.24, 2.45) is 0 Å². The summed E-state index contributed by atoms with van der Waals surface area (Å²) in [6.07, 6.45) is 1.61. The van der Waals surface area contributed by atoms with E-state index in [0.29, 0.717) is 18.0 Å². The number of urea groups is 1. The van der Waals surface area contributed by atoms with Gasteiger partial charge >= 0.3 is 6.03 Å². The Morgan fingerprint density at radius 3 is 1.78 bits per heavy atom. The maximum atomic E-state index is 12.7. The van der Waals surface area contributed by atoms with E-state index in [1.54, 1.807) is 28.2 Å². The van der Waals surface area contributed by atoms with Crippen molar-refractivity contribution in [2.75, 3.05) is 29.1 Å². The maximum Gasteiger partial charge on any atom is 0.329 e. The molecule has 0 N–H and O–H groups in total. The standard InChI is InChI=1S/C18H20N2O2S/c1-14-4-6-15(7-5-14)19-12-13-20(18(19)21)16-8-10-17(11-9-16)23(2,3)22/h4-11H,2,12-13H2,1,3H3. The van der Waals surface area contributed by atoms with Gasteiger partial charge in [-0.2, -0.15) is 0 Å². The molecule has 1 aliphatic heterocycles. The first-order chi connectivity index (χ1) is 10.9. The van der Waals surface area contributed by atoms with Crippen molar-refractivity contribution in [2.45, 2.75) is 11.8 Å². The Bertz CT molecular complexity index is 824. The molecule has 1 aliphatic rings. The van der Waals surface area contributed by atoms with Gasteiger partial charge in [0.25, 0.3) is 0 Å². The molecule has 1 unspecified atom stereocenters. The molecule has 5 heteroatoms. The third kappa shape index (κ3) is 3.10. The number of aryl methyl sites for hydroxylation is 1. The molecule has 120 valence electrons. The summed E-state index contributed by atoms with van der Waals surface area (Å²) in [7, 11) is -2.23. The highest BCUT2D eigenvalue weighted by atomic mass is 32.2. The molecular weight excluding hydrogens is 308 g/mol.